The number of hydrogen-bond acceptors (Lipinski definition) is 4. The van der Waals surface area contributed by atoms with Gasteiger partial charge >= 0.3 is 12.1 Å². The molecule has 0 fully saturated rings. The van der Waals surface area contributed by atoms with E-state index >= 15 is 0 Å². The monoisotopic (exact) mass is 327 g/mol. The summed E-state index contributed by atoms with van der Waals surface area (Å²) in [5.41, 5.74) is 0.795. The van der Waals surface area contributed by atoms with Crippen LogP contribution in [-0.4, -0.2) is 34.5 Å². The molecule has 1 heterocycles. The van der Waals surface area contributed by atoms with Crippen molar-refractivity contribution in [1.29, 1.82) is 0 Å². The van der Waals surface area contributed by atoms with Gasteiger partial charge in [-0.3, -0.25) is 4.79 Å². The van der Waals surface area contributed by atoms with Gasteiger partial charge in [0.25, 0.3) is 5.91 Å². The minimum atomic E-state index is -4.68. The maximum absolute atomic E-state index is 12.4. The standard InChI is InChI=1S/C15H16F3N3O2/c1-3-4-9-21(2)13(22)11-7-5-10(6-8-11)12-19-14(23-20-12)15(16,17)18/h5-8H,3-4,9H2,1-2H3. The average molecular weight is 327 g/mol. The van der Waals surface area contributed by atoms with Gasteiger partial charge in [0.15, 0.2) is 0 Å². The predicted molar refractivity (Wildman–Crippen MR) is 76.6 cm³/mol. The first-order chi connectivity index (χ1) is 10.8. The summed E-state index contributed by atoms with van der Waals surface area (Å²) in [4.78, 5) is 17.1. The number of benzene rings is 1. The largest absolute Gasteiger partial charge is 0.471 e. The van der Waals surface area contributed by atoms with Crippen LogP contribution in [0.4, 0.5) is 13.2 Å². The van der Waals surface area contributed by atoms with E-state index in [9.17, 15) is 18.0 Å². The smallest absolute Gasteiger partial charge is 0.342 e. The fourth-order valence-electron chi connectivity index (χ4n) is 1.93. The Balaban J connectivity index is 2.13. The number of halogens is 3. The van der Waals surface area contributed by atoms with Crippen molar-refractivity contribution in [3.63, 3.8) is 0 Å². The maximum Gasteiger partial charge on any atom is 0.471 e. The molecular weight excluding hydrogens is 311 g/mol. The number of rotatable bonds is 5. The van der Waals surface area contributed by atoms with E-state index in [4.69, 9.17) is 0 Å². The molecule has 5 nitrogen and oxygen atoms in total. The fourth-order valence-corrected chi connectivity index (χ4v) is 1.93. The van der Waals surface area contributed by atoms with Crippen LogP contribution >= 0.6 is 0 Å². The summed E-state index contributed by atoms with van der Waals surface area (Å²) in [5.74, 6) is -1.71. The number of amides is 1. The molecule has 0 bridgehead atoms. The van der Waals surface area contributed by atoms with Crippen molar-refractivity contribution in [2.75, 3.05) is 13.6 Å². The Labute approximate surface area is 131 Å². The SMILES string of the molecule is CCCCN(C)C(=O)c1ccc(-c2noc(C(F)(F)F)n2)cc1. The number of alkyl halides is 3. The van der Waals surface area contributed by atoms with Crippen molar-refractivity contribution < 1.29 is 22.5 Å². The number of hydrogen-bond donors (Lipinski definition) is 0. The Morgan fingerprint density at radius 2 is 1.91 bits per heavy atom. The quantitative estimate of drug-likeness (QED) is 0.841. The Kier molecular flexibility index (Phi) is 5.02. The number of carbonyl (C=O) groups excluding carboxylic acids is 1. The van der Waals surface area contributed by atoms with Gasteiger partial charge in [0.05, 0.1) is 0 Å². The second kappa shape index (κ2) is 6.80. The van der Waals surface area contributed by atoms with Crippen molar-refractivity contribution in [2.45, 2.75) is 25.9 Å². The lowest BCUT2D eigenvalue weighted by Gasteiger charge is -2.16. The summed E-state index contributed by atoms with van der Waals surface area (Å²) in [6, 6.07) is 6.05. The van der Waals surface area contributed by atoms with Crippen LogP contribution < -0.4 is 0 Å². The minimum Gasteiger partial charge on any atom is -0.342 e. The van der Waals surface area contributed by atoms with Gasteiger partial charge in [0, 0.05) is 24.7 Å². The molecule has 2 aromatic rings. The second-order valence-electron chi connectivity index (χ2n) is 5.08. The van der Waals surface area contributed by atoms with Crippen LogP contribution in [0.2, 0.25) is 0 Å². The zero-order valence-electron chi connectivity index (χ0n) is 12.7. The van der Waals surface area contributed by atoms with Crippen molar-refractivity contribution in [3.8, 4) is 11.4 Å². The summed E-state index contributed by atoms with van der Waals surface area (Å²) in [6.07, 6.45) is -2.79. The van der Waals surface area contributed by atoms with E-state index in [-0.39, 0.29) is 11.7 Å². The summed E-state index contributed by atoms with van der Waals surface area (Å²) >= 11 is 0. The zero-order chi connectivity index (χ0) is 17.0. The molecule has 0 saturated heterocycles. The number of nitrogens with zero attached hydrogens (tertiary/aromatic N) is 3. The van der Waals surface area contributed by atoms with Gasteiger partial charge in [-0.1, -0.05) is 30.6 Å². The summed E-state index contributed by atoms with van der Waals surface area (Å²) in [5, 5.41) is 3.30. The van der Waals surface area contributed by atoms with Crippen LogP contribution in [-0.2, 0) is 6.18 Å². The first kappa shape index (κ1) is 17.0. The van der Waals surface area contributed by atoms with Crippen molar-refractivity contribution in [3.05, 3.63) is 35.7 Å². The van der Waals surface area contributed by atoms with Gasteiger partial charge in [0.1, 0.15) is 0 Å². The number of unbranched alkanes of at least 4 members (excludes halogenated alkanes) is 1. The van der Waals surface area contributed by atoms with Crippen LogP contribution in [0.3, 0.4) is 0 Å². The number of carbonyl (C=O) groups is 1. The molecule has 0 atom stereocenters. The van der Waals surface area contributed by atoms with E-state index in [0.29, 0.717) is 17.7 Å². The molecule has 1 aromatic heterocycles. The van der Waals surface area contributed by atoms with Gasteiger partial charge in [-0.25, -0.2) is 0 Å². The molecule has 1 aromatic carbocycles. The second-order valence-corrected chi connectivity index (χ2v) is 5.08. The van der Waals surface area contributed by atoms with Crippen LogP contribution in [0.25, 0.3) is 11.4 Å². The Hall–Kier alpha value is -2.38. The first-order valence-electron chi connectivity index (χ1n) is 7.09. The molecule has 0 aliphatic carbocycles. The van der Waals surface area contributed by atoms with E-state index in [2.05, 4.69) is 14.7 Å². The highest BCUT2D eigenvalue weighted by Gasteiger charge is 2.38. The molecule has 1 amide bonds. The average Bonchev–Trinajstić information content (AvgIpc) is 3.02. The Morgan fingerprint density at radius 3 is 2.43 bits per heavy atom. The van der Waals surface area contributed by atoms with Crippen LogP contribution in [0.1, 0.15) is 36.0 Å². The maximum atomic E-state index is 12.4. The molecule has 0 unspecified atom stereocenters. The third-order valence-electron chi connectivity index (χ3n) is 3.25. The van der Waals surface area contributed by atoms with Crippen LogP contribution in [0.5, 0.6) is 0 Å². The Bertz CT molecular complexity index is 665. The van der Waals surface area contributed by atoms with E-state index in [0.717, 1.165) is 12.8 Å². The third-order valence-corrected chi connectivity index (χ3v) is 3.25. The summed E-state index contributed by atoms with van der Waals surface area (Å²) < 4.78 is 41.5. The van der Waals surface area contributed by atoms with Crippen molar-refractivity contribution in [1.82, 2.24) is 15.0 Å². The third kappa shape index (κ3) is 4.08. The first-order valence-corrected chi connectivity index (χ1v) is 7.09. The highest BCUT2D eigenvalue weighted by atomic mass is 19.4. The molecule has 23 heavy (non-hydrogen) atoms. The van der Waals surface area contributed by atoms with Gasteiger partial charge in [-0.05, 0) is 18.6 Å². The molecule has 0 N–H and O–H groups in total. The fraction of sp³-hybridized carbons (Fsp3) is 0.400. The molecule has 0 aliphatic heterocycles. The topological polar surface area (TPSA) is 59.2 Å². The highest BCUT2D eigenvalue weighted by molar-refractivity contribution is 5.94. The normalized spacial score (nSPS) is 11.5. The Morgan fingerprint density at radius 1 is 1.26 bits per heavy atom. The molecule has 0 saturated carbocycles. The van der Waals surface area contributed by atoms with Gasteiger partial charge < -0.3 is 9.42 Å². The van der Waals surface area contributed by atoms with Crippen LogP contribution in [0.15, 0.2) is 28.8 Å². The minimum absolute atomic E-state index is 0.144. The zero-order valence-corrected chi connectivity index (χ0v) is 12.7. The van der Waals surface area contributed by atoms with E-state index in [1.165, 1.54) is 24.3 Å². The van der Waals surface area contributed by atoms with E-state index < -0.39 is 12.1 Å². The molecule has 0 aliphatic rings. The van der Waals surface area contributed by atoms with Gasteiger partial charge in [-0.2, -0.15) is 18.2 Å². The van der Waals surface area contributed by atoms with Crippen molar-refractivity contribution >= 4 is 5.91 Å². The van der Waals surface area contributed by atoms with Gasteiger partial charge in [0.2, 0.25) is 5.82 Å². The summed E-state index contributed by atoms with van der Waals surface area (Å²) in [7, 11) is 1.71. The lowest BCUT2D eigenvalue weighted by Crippen LogP contribution is -2.27. The van der Waals surface area contributed by atoms with E-state index in [1.807, 2.05) is 6.92 Å². The lowest BCUT2D eigenvalue weighted by atomic mass is 10.1. The molecule has 2 rings (SSSR count). The lowest BCUT2D eigenvalue weighted by molar-refractivity contribution is -0.159. The van der Waals surface area contributed by atoms with Crippen LogP contribution in [0, 0.1) is 0 Å². The molecule has 0 radical (unpaired) electrons. The van der Waals surface area contributed by atoms with E-state index in [1.54, 1.807) is 11.9 Å². The van der Waals surface area contributed by atoms with Crippen molar-refractivity contribution in [2.24, 2.45) is 0 Å². The molecule has 0 spiro atoms. The highest BCUT2D eigenvalue weighted by Crippen LogP contribution is 2.29. The summed E-state index contributed by atoms with van der Waals surface area (Å²) in [6.45, 7) is 2.68. The molecular formula is C15H16F3N3O2. The molecule has 124 valence electrons. The number of aromatic nitrogens is 2. The van der Waals surface area contributed by atoms with Gasteiger partial charge in [-0.15, -0.1) is 0 Å². The molecule has 8 heteroatoms. The predicted octanol–water partition coefficient (Wildman–Crippen LogP) is 3.63.